The van der Waals surface area contributed by atoms with E-state index in [1.807, 2.05) is 0 Å². The van der Waals surface area contributed by atoms with Crippen LogP contribution < -0.4 is 11.1 Å². The maximum absolute atomic E-state index is 12.6. The summed E-state index contributed by atoms with van der Waals surface area (Å²) in [4.78, 5) is 37.3. The molecule has 3 amide bonds. The molecule has 1 aromatic heterocycles. The topological polar surface area (TPSA) is 106 Å². The fourth-order valence-corrected chi connectivity index (χ4v) is 3.19. The van der Waals surface area contributed by atoms with Gasteiger partial charge in [0.25, 0.3) is 5.91 Å². The molecule has 1 saturated heterocycles. The van der Waals surface area contributed by atoms with Crippen molar-refractivity contribution in [2.75, 3.05) is 5.73 Å². The minimum Gasteiger partial charge on any atom is -0.464 e. The lowest BCUT2D eigenvalue weighted by Gasteiger charge is -2.29. The van der Waals surface area contributed by atoms with Crippen LogP contribution in [-0.2, 0) is 16.1 Å². The highest BCUT2D eigenvalue weighted by Gasteiger charge is 2.40. The summed E-state index contributed by atoms with van der Waals surface area (Å²) in [6.07, 6.45) is 2.09. The largest absolute Gasteiger partial charge is 0.464 e. The van der Waals surface area contributed by atoms with Gasteiger partial charge in [-0.2, -0.15) is 0 Å². The lowest BCUT2D eigenvalue weighted by atomic mass is 10.0. The Morgan fingerprint density at radius 3 is 2.91 bits per heavy atom. The number of nitrogens with one attached hydrogen (secondary N) is 1. The van der Waals surface area contributed by atoms with Gasteiger partial charge in [0.1, 0.15) is 11.6 Å². The second-order valence-electron chi connectivity index (χ2n) is 5.56. The summed E-state index contributed by atoms with van der Waals surface area (Å²) in [7, 11) is 0. The third-order valence-electron chi connectivity index (χ3n) is 4.28. The molecule has 7 heteroatoms. The molecular weight excluding hydrogens is 286 g/mol. The van der Waals surface area contributed by atoms with E-state index in [-0.39, 0.29) is 24.8 Å². The van der Waals surface area contributed by atoms with Crippen LogP contribution in [0.4, 0.5) is 5.69 Å². The fraction of sp³-hybridized carbons (Fsp3) is 0.267. The van der Waals surface area contributed by atoms with Gasteiger partial charge in [0.15, 0.2) is 0 Å². The molecule has 112 valence electrons. The van der Waals surface area contributed by atoms with Gasteiger partial charge < -0.3 is 15.1 Å². The molecule has 1 atom stereocenters. The first-order valence-electron chi connectivity index (χ1n) is 6.99. The van der Waals surface area contributed by atoms with E-state index in [4.69, 9.17) is 10.2 Å². The van der Waals surface area contributed by atoms with Crippen molar-refractivity contribution < 1.29 is 18.8 Å². The van der Waals surface area contributed by atoms with Crippen LogP contribution in [0.25, 0.3) is 11.0 Å². The molecule has 2 aliphatic rings. The van der Waals surface area contributed by atoms with Crippen LogP contribution in [0.1, 0.15) is 28.8 Å². The Bertz CT molecular complexity index is 839. The molecule has 1 unspecified atom stereocenters. The number of amides is 3. The van der Waals surface area contributed by atoms with E-state index in [0.717, 1.165) is 10.9 Å². The standard InChI is InChI=1S/C15H13N3O4/c16-10-5-8-9(13-7(10)3-4-22-13)6-18(15(8)21)11-1-2-12(19)17-14(11)20/h3-5,11H,1-2,6,16H2,(H,17,19,20). The average Bonchev–Trinajstić information content (AvgIpc) is 3.06. The van der Waals surface area contributed by atoms with Crippen molar-refractivity contribution >= 4 is 34.4 Å². The highest BCUT2D eigenvalue weighted by atomic mass is 16.3. The molecule has 0 saturated carbocycles. The third kappa shape index (κ3) is 1.65. The first-order chi connectivity index (χ1) is 10.6. The summed E-state index contributed by atoms with van der Waals surface area (Å²) in [6.45, 7) is 0.282. The Kier molecular flexibility index (Phi) is 2.53. The summed E-state index contributed by atoms with van der Waals surface area (Å²) in [5, 5.41) is 3.04. The predicted octanol–water partition coefficient (Wildman–Crippen LogP) is 0.776. The number of hydrogen-bond acceptors (Lipinski definition) is 5. The summed E-state index contributed by atoms with van der Waals surface area (Å²) in [5.74, 6) is -0.987. The molecule has 22 heavy (non-hydrogen) atoms. The number of rotatable bonds is 1. The molecule has 2 aliphatic heterocycles. The van der Waals surface area contributed by atoms with Crippen LogP contribution in [0.2, 0.25) is 0 Å². The average molecular weight is 299 g/mol. The molecule has 3 N–H and O–H groups in total. The van der Waals surface area contributed by atoms with Crippen LogP contribution in [0.5, 0.6) is 0 Å². The number of furan rings is 1. The lowest BCUT2D eigenvalue weighted by Crippen LogP contribution is -2.52. The molecule has 0 radical (unpaired) electrons. The third-order valence-corrected chi connectivity index (χ3v) is 4.28. The molecule has 3 heterocycles. The smallest absolute Gasteiger partial charge is 0.255 e. The van der Waals surface area contributed by atoms with Gasteiger partial charge in [-0.1, -0.05) is 0 Å². The normalized spacial score (nSPS) is 21.4. The second kappa shape index (κ2) is 4.33. The molecule has 0 aliphatic carbocycles. The highest BCUT2D eigenvalue weighted by Crippen LogP contribution is 2.36. The predicted molar refractivity (Wildman–Crippen MR) is 76.7 cm³/mol. The Hall–Kier alpha value is -2.83. The molecule has 1 aromatic carbocycles. The van der Waals surface area contributed by atoms with Crippen molar-refractivity contribution in [1.82, 2.24) is 10.2 Å². The van der Waals surface area contributed by atoms with Gasteiger partial charge in [0, 0.05) is 23.1 Å². The van der Waals surface area contributed by atoms with Crippen LogP contribution in [0.15, 0.2) is 22.8 Å². The summed E-state index contributed by atoms with van der Waals surface area (Å²) < 4.78 is 5.46. The lowest BCUT2D eigenvalue weighted by molar-refractivity contribution is -0.136. The van der Waals surface area contributed by atoms with Gasteiger partial charge in [-0.15, -0.1) is 0 Å². The zero-order valence-corrected chi connectivity index (χ0v) is 11.6. The molecule has 4 rings (SSSR count). The summed E-state index contributed by atoms with van der Waals surface area (Å²) in [5.41, 5.74) is 8.21. The van der Waals surface area contributed by atoms with E-state index in [1.165, 1.54) is 11.2 Å². The van der Waals surface area contributed by atoms with Crippen molar-refractivity contribution in [2.24, 2.45) is 0 Å². The van der Waals surface area contributed by atoms with Crippen LogP contribution in [0, 0.1) is 0 Å². The van der Waals surface area contributed by atoms with Crippen molar-refractivity contribution in [2.45, 2.75) is 25.4 Å². The second-order valence-corrected chi connectivity index (χ2v) is 5.56. The number of nitrogen functional groups attached to an aromatic ring is 1. The van der Waals surface area contributed by atoms with Crippen molar-refractivity contribution in [3.63, 3.8) is 0 Å². The highest BCUT2D eigenvalue weighted by molar-refractivity contribution is 6.09. The van der Waals surface area contributed by atoms with Crippen LogP contribution in [0.3, 0.4) is 0 Å². The van der Waals surface area contributed by atoms with E-state index in [2.05, 4.69) is 5.32 Å². The van der Waals surface area contributed by atoms with Crippen molar-refractivity contribution in [3.8, 4) is 0 Å². The maximum Gasteiger partial charge on any atom is 0.255 e. The first kappa shape index (κ1) is 12.9. The van der Waals surface area contributed by atoms with Gasteiger partial charge in [-0.25, -0.2) is 0 Å². The monoisotopic (exact) mass is 299 g/mol. The van der Waals surface area contributed by atoms with E-state index < -0.39 is 11.9 Å². The first-order valence-corrected chi connectivity index (χ1v) is 6.99. The van der Waals surface area contributed by atoms with Crippen LogP contribution in [-0.4, -0.2) is 28.7 Å². The molecule has 0 bridgehead atoms. The Morgan fingerprint density at radius 2 is 2.14 bits per heavy atom. The van der Waals surface area contributed by atoms with Crippen LogP contribution >= 0.6 is 0 Å². The Balaban J connectivity index is 1.76. The number of anilines is 1. The fourth-order valence-electron chi connectivity index (χ4n) is 3.19. The number of carbonyl (C=O) groups excluding carboxylic acids is 3. The quantitative estimate of drug-likeness (QED) is 0.598. The van der Waals surface area contributed by atoms with E-state index in [9.17, 15) is 14.4 Å². The number of fused-ring (bicyclic) bond motifs is 3. The zero-order valence-electron chi connectivity index (χ0n) is 11.6. The molecule has 7 nitrogen and oxygen atoms in total. The number of nitrogens with two attached hydrogens (primary N) is 1. The number of benzene rings is 1. The number of imide groups is 1. The molecule has 2 aromatic rings. The number of carbonyl (C=O) groups is 3. The van der Waals surface area contributed by atoms with Gasteiger partial charge >= 0.3 is 0 Å². The Morgan fingerprint density at radius 1 is 1.32 bits per heavy atom. The number of piperidine rings is 1. The van der Waals surface area contributed by atoms with Gasteiger partial charge in [-0.3, -0.25) is 19.7 Å². The summed E-state index contributed by atoms with van der Waals surface area (Å²) in [6, 6.07) is 2.75. The maximum atomic E-state index is 12.6. The van der Waals surface area contributed by atoms with E-state index in [0.29, 0.717) is 23.3 Å². The minimum atomic E-state index is -0.635. The van der Waals surface area contributed by atoms with Gasteiger partial charge in [-0.05, 0) is 18.6 Å². The van der Waals surface area contributed by atoms with E-state index >= 15 is 0 Å². The van der Waals surface area contributed by atoms with Gasteiger partial charge in [0.2, 0.25) is 11.8 Å². The molecule has 0 spiro atoms. The molecular formula is C15H13N3O4. The van der Waals surface area contributed by atoms with Crippen molar-refractivity contribution in [3.05, 3.63) is 29.5 Å². The number of hydrogen-bond donors (Lipinski definition) is 2. The number of nitrogens with zero attached hydrogens (tertiary/aromatic N) is 1. The molecule has 1 fully saturated rings. The Labute approximate surface area is 125 Å². The zero-order chi connectivity index (χ0) is 15.4. The van der Waals surface area contributed by atoms with Crippen molar-refractivity contribution in [1.29, 1.82) is 0 Å². The van der Waals surface area contributed by atoms with E-state index in [1.54, 1.807) is 12.1 Å². The SMILES string of the molecule is Nc1cc2c(c3occc13)CN(C1CCC(=O)NC1=O)C2=O. The minimum absolute atomic E-state index is 0.231. The van der Waals surface area contributed by atoms with Gasteiger partial charge in [0.05, 0.1) is 18.4 Å². The summed E-state index contributed by atoms with van der Waals surface area (Å²) >= 11 is 0.